The van der Waals surface area contributed by atoms with E-state index in [0.717, 1.165) is 10.0 Å². The van der Waals surface area contributed by atoms with Gasteiger partial charge in [0.2, 0.25) is 0 Å². The summed E-state index contributed by atoms with van der Waals surface area (Å²) in [5, 5.41) is 4.34. The normalized spacial score (nSPS) is 10.5. The molecule has 72 valence electrons. The monoisotopic (exact) mass is 272 g/mol. The van der Waals surface area contributed by atoms with Crippen molar-refractivity contribution >= 4 is 27.5 Å². The zero-order valence-electron chi connectivity index (χ0n) is 7.29. The third-order valence-corrected chi connectivity index (χ3v) is 2.31. The van der Waals surface area contributed by atoms with Crippen LogP contribution in [0.15, 0.2) is 27.2 Å². The Morgan fingerprint density at radius 3 is 2.71 bits per heavy atom. The molecular weight excluding hydrogens is 267 g/mol. The number of hydrogen-bond acceptors (Lipinski definition) is 3. The largest absolute Gasteiger partial charge is 0.334 e. The zero-order valence-corrected chi connectivity index (χ0v) is 9.63. The molecule has 0 saturated carbocycles. The molecule has 0 aliphatic heterocycles. The Balaban J connectivity index is 2.51. The van der Waals surface area contributed by atoms with Gasteiger partial charge in [-0.15, -0.1) is 0 Å². The second kappa shape index (κ2) is 3.71. The van der Waals surface area contributed by atoms with Gasteiger partial charge in [-0.3, -0.25) is 0 Å². The summed E-state index contributed by atoms with van der Waals surface area (Å²) < 4.78 is 5.90. The molecule has 0 radical (unpaired) electrons. The molecule has 0 amide bonds. The molecule has 0 fully saturated rings. The Hall–Kier alpha value is -0.870. The fourth-order valence-electron chi connectivity index (χ4n) is 1.09. The Labute approximate surface area is 94.2 Å². The lowest BCUT2D eigenvalue weighted by molar-refractivity contribution is 0.425. The molecule has 5 heteroatoms. The van der Waals surface area contributed by atoms with Gasteiger partial charge in [0.25, 0.3) is 5.89 Å². The predicted octanol–water partition coefficient (Wildman–Crippen LogP) is 3.46. The first-order valence-electron chi connectivity index (χ1n) is 3.92. The lowest BCUT2D eigenvalue weighted by Gasteiger charge is -1.96. The highest BCUT2D eigenvalue weighted by Gasteiger charge is 2.07. The lowest BCUT2D eigenvalue weighted by atomic mass is 10.2. The maximum Gasteiger partial charge on any atom is 0.258 e. The number of nitrogens with zero attached hydrogens (tertiary/aromatic N) is 2. The molecule has 14 heavy (non-hydrogen) atoms. The minimum absolute atomic E-state index is 0.478. The Kier molecular flexibility index (Phi) is 2.56. The summed E-state index contributed by atoms with van der Waals surface area (Å²) in [6.45, 7) is 1.77. The minimum Gasteiger partial charge on any atom is -0.334 e. The summed E-state index contributed by atoms with van der Waals surface area (Å²) in [6, 6.07) is 5.45. The second-order valence-electron chi connectivity index (χ2n) is 2.80. The van der Waals surface area contributed by atoms with Gasteiger partial charge in [0, 0.05) is 15.1 Å². The van der Waals surface area contributed by atoms with Crippen molar-refractivity contribution < 1.29 is 4.52 Å². The second-order valence-corrected chi connectivity index (χ2v) is 4.16. The van der Waals surface area contributed by atoms with Crippen LogP contribution in [0.2, 0.25) is 5.02 Å². The van der Waals surface area contributed by atoms with E-state index < -0.39 is 0 Å². The fourth-order valence-corrected chi connectivity index (χ4v) is 1.95. The molecule has 1 aromatic heterocycles. The van der Waals surface area contributed by atoms with E-state index in [9.17, 15) is 0 Å². The highest BCUT2D eigenvalue weighted by Crippen LogP contribution is 2.26. The van der Waals surface area contributed by atoms with Crippen molar-refractivity contribution in [2.75, 3.05) is 0 Å². The van der Waals surface area contributed by atoms with E-state index in [0.29, 0.717) is 16.7 Å². The van der Waals surface area contributed by atoms with E-state index in [1.54, 1.807) is 19.1 Å². The summed E-state index contributed by atoms with van der Waals surface area (Å²) in [5.74, 6) is 1.08. The molecule has 0 aliphatic rings. The minimum atomic E-state index is 0.478. The smallest absolute Gasteiger partial charge is 0.258 e. The quantitative estimate of drug-likeness (QED) is 0.798. The molecule has 0 atom stereocenters. The Morgan fingerprint density at radius 2 is 2.14 bits per heavy atom. The van der Waals surface area contributed by atoms with Crippen molar-refractivity contribution in [2.45, 2.75) is 6.92 Å². The van der Waals surface area contributed by atoms with Gasteiger partial charge in [0.15, 0.2) is 5.82 Å². The summed E-state index contributed by atoms with van der Waals surface area (Å²) in [5.41, 5.74) is 0.810. The van der Waals surface area contributed by atoms with E-state index in [1.807, 2.05) is 6.07 Å². The van der Waals surface area contributed by atoms with Gasteiger partial charge < -0.3 is 4.52 Å². The first-order chi connectivity index (χ1) is 6.65. The molecule has 0 aliphatic carbocycles. The molecule has 1 heterocycles. The maximum atomic E-state index is 5.89. The van der Waals surface area contributed by atoms with Crippen LogP contribution in [0.5, 0.6) is 0 Å². The number of hydrogen-bond donors (Lipinski definition) is 0. The first kappa shape index (κ1) is 9.68. The van der Waals surface area contributed by atoms with Crippen LogP contribution in [-0.4, -0.2) is 10.1 Å². The van der Waals surface area contributed by atoms with E-state index in [-0.39, 0.29) is 0 Å². The van der Waals surface area contributed by atoms with E-state index in [1.165, 1.54) is 0 Å². The lowest BCUT2D eigenvalue weighted by Crippen LogP contribution is -1.79. The highest BCUT2D eigenvalue weighted by molar-refractivity contribution is 9.10. The molecule has 0 N–H and O–H groups in total. The van der Waals surface area contributed by atoms with Gasteiger partial charge >= 0.3 is 0 Å². The predicted molar refractivity (Wildman–Crippen MR) is 57.2 cm³/mol. The van der Waals surface area contributed by atoms with Crippen molar-refractivity contribution in [2.24, 2.45) is 0 Å². The summed E-state index contributed by atoms with van der Waals surface area (Å²) in [7, 11) is 0. The summed E-state index contributed by atoms with van der Waals surface area (Å²) >= 11 is 9.23. The van der Waals surface area contributed by atoms with E-state index in [2.05, 4.69) is 26.1 Å². The van der Waals surface area contributed by atoms with Crippen LogP contribution in [-0.2, 0) is 0 Å². The van der Waals surface area contributed by atoms with Crippen LogP contribution in [0.4, 0.5) is 0 Å². The first-order valence-corrected chi connectivity index (χ1v) is 5.09. The van der Waals surface area contributed by atoms with Crippen molar-refractivity contribution in [1.82, 2.24) is 10.1 Å². The van der Waals surface area contributed by atoms with Gasteiger partial charge in [-0.2, -0.15) is 4.98 Å². The molecule has 0 bridgehead atoms. The van der Waals surface area contributed by atoms with Crippen molar-refractivity contribution in [3.05, 3.63) is 33.5 Å². The van der Waals surface area contributed by atoms with Crippen LogP contribution in [0.1, 0.15) is 5.82 Å². The van der Waals surface area contributed by atoms with Gasteiger partial charge in [-0.05, 0) is 25.1 Å². The number of rotatable bonds is 1. The van der Waals surface area contributed by atoms with E-state index in [4.69, 9.17) is 16.1 Å². The van der Waals surface area contributed by atoms with Gasteiger partial charge in [-0.1, -0.05) is 32.7 Å². The molecule has 3 nitrogen and oxygen atoms in total. The summed E-state index contributed by atoms with van der Waals surface area (Å²) in [6.07, 6.45) is 0. The Morgan fingerprint density at radius 1 is 1.36 bits per heavy atom. The number of aromatic nitrogens is 2. The highest BCUT2D eigenvalue weighted by atomic mass is 79.9. The average Bonchev–Trinajstić information content (AvgIpc) is 2.50. The molecule has 0 spiro atoms. The third-order valence-electron chi connectivity index (χ3n) is 1.64. The van der Waals surface area contributed by atoms with Gasteiger partial charge in [-0.25, -0.2) is 0 Å². The standard InChI is InChI=1S/C9H6BrClN2O/c1-5-12-9(14-13-5)6-2-7(10)4-8(11)3-6/h2-4H,1H3. The zero-order chi connectivity index (χ0) is 10.1. The fraction of sp³-hybridized carbons (Fsp3) is 0.111. The molecule has 0 saturated heterocycles. The number of aryl methyl sites for hydroxylation is 1. The molecular formula is C9H6BrClN2O. The molecule has 0 unspecified atom stereocenters. The SMILES string of the molecule is Cc1noc(-c2cc(Cl)cc(Br)c2)n1. The van der Waals surface area contributed by atoms with Gasteiger partial charge in [0.1, 0.15) is 0 Å². The number of halogens is 2. The average molecular weight is 274 g/mol. The molecule has 2 aromatic rings. The van der Waals surface area contributed by atoms with Crippen LogP contribution in [0.25, 0.3) is 11.5 Å². The van der Waals surface area contributed by atoms with Crippen LogP contribution >= 0.6 is 27.5 Å². The maximum absolute atomic E-state index is 5.89. The topological polar surface area (TPSA) is 38.9 Å². The van der Waals surface area contributed by atoms with Crippen molar-refractivity contribution in [3.63, 3.8) is 0 Å². The van der Waals surface area contributed by atoms with Crippen molar-refractivity contribution in [1.29, 1.82) is 0 Å². The van der Waals surface area contributed by atoms with Crippen LogP contribution in [0, 0.1) is 6.92 Å². The van der Waals surface area contributed by atoms with Gasteiger partial charge in [0.05, 0.1) is 0 Å². The number of benzene rings is 1. The summed E-state index contributed by atoms with van der Waals surface area (Å²) in [4.78, 5) is 4.11. The van der Waals surface area contributed by atoms with Crippen LogP contribution < -0.4 is 0 Å². The van der Waals surface area contributed by atoms with E-state index >= 15 is 0 Å². The molecule has 1 aromatic carbocycles. The molecule has 2 rings (SSSR count). The van der Waals surface area contributed by atoms with Crippen molar-refractivity contribution in [3.8, 4) is 11.5 Å². The van der Waals surface area contributed by atoms with Crippen LogP contribution in [0.3, 0.4) is 0 Å². The third kappa shape index (κ3) is 1.96. The Bertz CT molecular complexity index is 449.